The Morgan fingerprint density at radius 1 is 1.40 bits per heavy atom. The highest BCUT2D eigenvalue weighted by molar-refractivity contribution is 9.11. The summed E-state index contributed by atoms with van der Waals surface area (Å²) in [5.41, 5.74) is 2.58. The summed E-state index contributed by atoms with van der Waals surface area (Å²) in [5, 5.41) is 5.84. The third kappa shape index (κ3) is 3.75. The summed E-state index contributed by atoms with van der Waals surface area (Å²) in [7, 11) is 3.42. The molecule has 0 fully saturated rings. The molecular formula is C14H14BrClN2OS. The van der Waals surface area contributed by atoms with Crippen molar-refractivity contribution in [2.45, 2.75) is 6.54 Å². The maximum Gasteiger partial charge on any atom is 0.254 e. The van der Waals surface area contributed by atoms with Gasteiger partial charge >= 0.3 is 0 Å². The van der Waals surface area contributed by atoms with Crippen LogP contribution in [0.15, 0.2) is 33.4 Å². The quantitative estimate of drug-likeness (QED) is 0.857. The van der Waals surface area contributed by atoms with Gasteiger partial charge in [-0.15, -0.1) is 11.3 Å². The van der Waals surface area contributed by atoms with Crippen LogP contribution in [0, 0.1) is 0 Å². The van der Waals surface area contributed by atoms with Gasteiger partial charge in [0.15, 0.2) is 0 Å². The van der Waals surface area contributed by atoms with E-state index in [1.807, 2.05) is 6.07 Å². The molecule has 0 spiro atoms. The molecule has 0 aliphatic heterocycles. The van der Waals surface area contributed by atoms with Crippen LogP contribution < -0.4 is 5.32 Å². The Kier molecular flexibility index (Phi) is 5.07. The molecule has 0 bridgehead atoms. The van der Waals surface area contributed by atoms with Crippen LogP contribution in [-0.2, 0) is 6.54 Å². The molecule has 1 aromatic heterocycles. The molecule has 0 atom stereocenters. The number of hydrogen-bond donors (Lipinski definition) is 1. The van der Waals surface area contributed by atoms with Crippen LogP contribution in [0.2, 0.25) is 5.02 Å². The summed E-state index contributed by atoms with van der Waals surface area (Å²) < 4.78 is 1.11. The van der Waals surface area contributed by atoms with E-state index < -0.39 is 0 Å². The molecule has 106 valence electrons. The van der Waals surface area contributed by atoms with Gasteiger partial charge in [0.05, 0.1) is 14.4 Å². The molecule has 0 radical (unpaired) electrons. The van der Waals surface area contributed by atoms with Gasteiger partial charge < -0.3 is 10.2 Å². The minimum atomic E-state index is -0.100. The second kappa shape index (κ2) is 6.61. The van der Waals surface area contributed by atoms with E-state index in [-0.39, 0.29) is 5.91 Å². The number of nitrogens with one attached hydrogen (secondary N) is 1. The predicted octanol–water partition coefficient (Wildman–Crippen LogP) is 4.48. The van der Waals surface area contributed by atoms with Crippen molar-refractivity contribution in [2.75, 3.05) is 19.4 Å². The second-order valence-electron chi connectivity index (χ2n) is 4.51. The van der Waals surface area contributed by atoms with E-state index in [1.165, 1.54) is 10.5 Å². The van der Waals surface area contributed by atoms with Gasteiger partial charge in [-0.1, -0.05) is 11.6 Å². The molecular weight excluding hydrogens is 360 g/mol. The van der Waals surface area contributed by atoms with Gasteiger partial charge in [-0.25, -0.2) is 0 Å². The van der Waals surface area contributed by atoms with Crippen molar-refractivity contribution >= 4 is 50.5 Å². The third-order valence-corrected chi connectivity index (χ3v) is 4.60. The summed E-state index contributed by atoms with van der Waals surface area (Å²) in [4.78, 5) is 13.5. The molecule has 2 aromatic rings. The Labute approximate surface area is 135 Å². The number of carbonyl (C=O) groups is 1. The van der Waals surface area contributed by atoms with Gasteiger partial charge in [0.25, 0.3) is 5.91 Å². The summed E-state index contributed by atoms with van der Waals surface area (Å²) >= 11 is 11.2. The van der Waals surface area contributed by atoms with Crippen molar-refractivity contribution in [3.05, 3.63) is 49.6 Å². The lowest BCUT2D eigenvalue weighted by atomic mass is 10.1. The van der Waals surface area contributed by atoms with Gasteiger partial charge in [-0.05, 0) is 51.1 Å². The molecule has 20 heavy (non-hydrogen) atoms. The maximum atomic E-state index is 12.0. The molecule has 3 nitrogen and oxygen atoms in total. The fraction of sp³-hybridized carbons (Fsp3) is 0.214. The van der Waals surface area contributed by atoms with Gasteiger partial charge in [-0.3, -0.25) is 4.79 Å². The number of hydrogen-bond acceptors (Lipinski definition) is 3. The lowest BCUT2D eigenvalue weighted by Gasteiger charge is -2.13. The summed E-state index contributed by atoms with van der Waals surface area (Å²) in [5.74, 6) is -0.100. The van der Waals surface area contributed by atoms with Crippen LogP contribution in [0.4, 0.5) is 5.69 Å². The van der Waals surface area contributed by atoms with E-state index in [2.05, 4.69) is 32.7 Å². The molecule has 1 N–H and O–H groups in total. The van der Waals surface area contributed by atoms with Crippen LogP contribution in [0.3, 0.4) is 0 Å². The second-order valence-corrected chi connectivity index (χ2v) is 7.20. The number of halogens is 2. The Bertz CT molecular complexity index is 627. The molecule has 0 saturated carbocycles. The monoisotopic (exact) mass is 372 g/mol. The molecule has 1 amide bonds. The first-order valence-corrected chi connectivity index (χ1v) is 8.00. The zero-order valence-electron chi connectivity index (χ0n) is 11.1. The van der Waals surface area contributed by atoms with Crippen LogP contribution >= 0.6 is 38.9 Å². The van der Waals surface area contributed by atoms with Crippen LogP contribution in [0.5, 0.6) is 0 Å². The van der Waals surface area contributed by atoms with E-state index in [9.17, 15) is 4.79 Å². The number of carbonyl (C=O) groups excluding carboxylic acids is 1. The molecule has 0 unspecified atom stereocenters. The summed E-state index contributed by atoms with van der Waals surface area (Å²) in [6.45, 7) is 0.708. The molecule has 0 aliphatic carbocycles. The van der Waals surface area contributed by atoms with Crippen molar-refractivity contribution < 1.29 is 4.79 Å². The van der Waals surface area contributed by atoms with Gasteiger partial charge in [-0.2, -0.15) is 0 Å². The number of nitrogens with zero attached hydrogens (tertiary/aromatic N) is 1. The van der Waals surface area contributed by atoms with Gasteiger partial charge in [0.2, 0.25) is 0 Å². The van der Waals surface area contributed by atoms with E-state index in [1.54, 1.807) is 37.6 Å². The lowest BCUT2D eigenvalue weighted by molar-refractivity contribution is 0.0828. The van der Waals surface area contributed by atoms with Gasteiger partial charge in [0.1, 0.15) is 0 Å². The van der Waals surface area contributed by atoms with Crippen molar-refractivity contribution in [1.82, 2.24) is 4.90 Å². The first-order chi connectivity index (χ1) is 9.47. The predicted molar refractivity (Wildman–Crippen MR) is 88.8 cm³/mol. The maximum absolute atomic E-state index is 12.0. The molecule has 6 heteroatoms. The first kappa shape index (κ1) is 15.4. The number of rotatable bonds is 4. The van der Waals surface area contributed by atoms with Crippen LogP contribution in [0.1, 0.15) is 15.9 Å². The SMILES string of the molecule is CN(C)C(=O)c1cc(NCc2csc(Br)c2)ccc1Cl. The highest BCUT2D eigenvalue weighted by atomic mass is 79.9. The third-order valence-electron chi connectivity index (χ3n) is 2.72. The number of anilines is 1. The van der Waals surface area contributed by atoms with E-state index >= 15 is 0 Å². The first-order valence-electron chi connectivity index (χ1n) is 5.95. The highest BCUT2D eigenvalue weighted by Crippen LogP contribution is 2.24. The number of amides is 1. The van der Waals surface area contributed by atoms with Crippen molar-refractivity contribution in [1.29, 1.82) is 0 Å². The summed E-state index contributed by atoms with van der Waals surface area (Å²) in [6.07, 6.45) is 0. The molecule has 1 aromatic carbocycles. The average Bonchev–Trinajstić information content (AvgIpc) is 2.82. The molecule has 0 aliphatic rings. The van der Waals surface area contributed by atoms with Crippen molar-refractivity contribution in [2.24, 2.45) is 0 Å². The zero-order valence-corrected chi connectivity index (χ0v) is 14.3. The lowest BCUT2D eigenvalue weighted by Crippen LogP contribution is -2.22. The zero-order chi connectivity index (χ0) is 14.7. The van der Waals surface area contributed by atoms with Crippen molar-refractivity contribution in [3.8, 4) is 0 Å². The van der Waals surface area contributed by atoms with E-state index in [0.717, 1.165) is 9.47 Å². The fourth-order valence-electron chi connectivity index (χ4n) is 1.68. The van der Waals surface area contributed by atoms with E-state index in [0.29, 0.717) is 17.1 Å². The van der Waals surface area contributed by atoms with Crippen molar-refractivity contribution in [3.63, 3.8) is 0 Å². The molecule has 0 saturated heterocycles. The fourth-order valence-corrected chi connectivity index (χ4v) is 3.09. The largest absolute Gasteiger partial charge is 0.381 e. The molecule has 1 heterocycles. The Morgan fingerprint density at radius 3 is 2.75 bits per heavy atom. The normalized spacial score (nSPS) is 10.4. The number of thiophene rings is 1. The highest BCUT2D eigenvalue weighted by Gasteiger charge is 2.13. The Morgan fingerprint density at radius 2 is 2.15 bits per heavy atom. The smallest absolute Gasteiger partial charge is 0.254 e. The van der Waals surface area contributed by atoms with Crippen LogP contribution in [0.25, 0.3) is 0 Å². The summed E-state index contributed by atoms with van der Waals surface area (Å²) in [6, 6.07) is 7.46. The van der Waals surface area contributed by atoms with Gasteiger partial charge in [0, 0.05) is 26.3 Å². The minimum Gasteiger partial charge on any atom is -0.381 e. The Hall–Kier alpha value is -1.04. The van der Waals surface area contributed by atoms with E-state index in [4.69, 9.17) is 11.6 Å². The topological polar surface area (TPSA) is 32.3 Å². The number of benzene rings is 1. The minimum absolute atomic E-state index is 0.100. The Balaban J connectivity index is 2.13. The van der Waals surface area contributed by atoms with Crippen LogP contribution in [-0.4, -0.2) is 24.9 Å². The molecule has 2 rings (SSSR count). The average molecular weight is 374 g/mol. The standard InChI is InChI=1S/C14H14BrClN2OS/c1-18(2)14(19)11-6-10(3-4-12(11)16)17-7-9-5-13(15)20-8-9/h3-6,8,17H,7H2,1-2H3.